The molecule has 9 heteroatoms. The Morgan fingerprint density at radius 1 is 1.03 bits per heavy atom. The minimum absolute atomic E-state index is 0.00397. The molecule has 1 saturated carbocycles. The van der Waals surface area contributed by atoms with Crippen LogP contribution < -0.4 is 10.6 Å². The van der Waals surface area contributed by atoms with Crippen molar-refractivity contribution in [2.24, 2.45) is 11.8 Å². The summed E-state index contributed by atoms with van der Waals surface area (Å²) in [7, 11) is 0. The third-order valence-electron chi connectivity index (χ3n) is 6.61. The van der Waals surface area contributed by atoms with Crippen LogP contribution in [-0.2, 0) is 16.1 Å². The van der Waals surface area contributed by atoms with Crippen molar-refractivity contribution in [2.75, 3.05) is 19.7 Å². The molecular formula is C26H26N4O5. The van der Waals surface area contributed by atoms with E-state index in [0.29, 0.717) is 26.1 Å². The van der Waals surface area contributed by atoms with Crippen LogP contribution in [0.2, 0.25) is 0 Å². The van der Waals surface area contributed by atoms with Gasteiger partial charge in [0.05, 0.1) is 12.2 Å². The van der Waals surface area contributed by atoms with Crippen molar-refractivity contribution < 1.29 is 24.2 Å². The van der Waals surface area contributed by atoms with Gasteiger partial charge >= 0.3 is 12.1 Å². The highest BCUT2D eigenvalue weighted by Gasteiger charge is 2.43. The first-order valence-corrected chi connectivity index (χ1v) is 11.6. The quantitative estimate of drug-likeness (QED) is 0.438. The molecule has 9 nitrogen and oxygen atoms in total. The van der Waals surface area contributed by atoms with Crippen LogP contribution in [0, 0.1) is 11.8 Å². The number of nitrogens with zero attached hydrogens (tertiary/aromatic N) is 2. The number of benzene rings is 2. The van der Waals surface area contributed by atoms with Gasteiger partial charge in [-0.2, -0.15) is 0 Å². The lowest BCUT2D eigenvalue weighted by Crippen LogP contribution is -2.29. The average Bonchev–Trinajstić information content (AvgIpc) is 3.38. The van der Waals surface area contributed by atoms with Gasteiger partial charge in [0.2, 0.25) is 0 Å². The first-order valence-electron chi connectivity index (χ1n) is 11.6. The number of carbonyl (C=O) groups excluding carboxylic acids is 2. The third-order valence-corrected chi connectivity index (χ3v) is 6.61. The predicted octanol–water partition coefficient (Wildman–Crippen LogP) is 2.87. The molecule has 5 rings (SSSR count). The smallest absolute Gasteiger partial charge is 0.407 e. The number of rotatable bonds is 9. The number of hydrogen-bond donors (Lipinski definition) is 3. The first kappa shape index (κ1) is 22.6. The molecule has 2 aliphatic carbocycles. The fourth-order valence-corrected chi connectivity index (χ4v) is 4.63. The summed E-state index contributed by atoms with van der Waals surface area (Å²) >= 11 is 0. The van der Waals surface area contributed by atoms with E-state index in [-0.39, 0.29) is 36.0 Å². The Morgan fingerprint density at radius 2 is 1.71 bits per heavy atom. The van der Waals surface area contributed by atoms with Gasteiger partial charge in [0.15, 0.2) is 0 Å². The van der Waals surface area contributed by atoms with Crippen LogP contribution in [0.4, 0.5) is 4.79 Å². The SMILES string of the molecule is O=C(NCCn1cnc(C(=O)NC[C@@H]2C[C@@H]2C(=O)O)c1)OCC1c2ccccc2-c2ccccc21. The molecule has 2 atom stereocenters. The van der Waals surface area contributed by atoms with Gasteiger partial charge < -0.3 is 25.0 Å². The van der Waals surface area contributed by atoms with Gasteiger partial charge in [-0.25, -0.2) is 9.78 Å². The van der Waals surface area contributed by atoms with Crippen LogP contribution in [0.5, 0.6) is 0 Å². The second-order valence-electron chi connectivity index (χ2n) is 8.90. The van der Waals surface area contributed by atoms with Crippen LogP contribution in [-0.4, -0.2) is 52.3 Å². The van der Waals surface area contributed by atoms with E-state index in [9.17, 15) is 14.4 Å². The van der Waals surface area contributed by atoms with Crippen LogP contribution in [0.25, 0.3) is 11.1 Å². The molecule has 0 spiro atoms. The second-order valence-corrected chi connectivity index (χ2v) is 8.90. The number of hydrogen-bond acceptors (Lipinski definition) is 5. The van der Waals surface area contributed by atoms with Crippen molar-refractivity contribution >= 4 is 18.0 Å². The molecule has 3 aromatic rings. The molecule has 1 fully saturated rings. The minimum Gasteiger partial charge on any atom is -0.481 e. The summed E-state index contributed by atoms with van der Waals surface area (Å²) in [6.45, 7) is 1.32. The van der Waals surface area contributed by atoms with E-state index in [1.165, 1.54) is 17.5 Å². The molecule has 0 unspecified atom stereocenters. The van der Waals surface area contributed by atoms with Crippen LogP contribution in [0.1, 0.15) is 34.0 Å². The molecular weight excluding hydrogens is 448 g/mol. The van der Waals surface area contributed by atoms with Crippen LogP contribution in [0.3, 0.4) is 0 Å². The Balaban J connectivity index is 1.06. The van der Waals surface area contributed by atoms with Gasteiger partial charge in [-0.05, 0) is 34.6 Å². The topological polar surface area (TPSA) is 123 Å². The van der Waals surface area contributed by atoms with E-state index in [2.05, 4.69) is 39.9 Å². The average molecular weight is 475 g/mol. The summed E-state index contributed by atoms with van der Waals surface area (Å²) in [5, 5.41) is 14.4. The van der Waals surface area contributed by atoms with Crippen LogP contribution in [0.15, 0.2) is 61.1 Å². The number of aromatic nitrogens is 2. The molecule has 1 heterocycles. The standard InChI is InChI=1S/C26H26N4O5/c31-24(28-12-16-11-21(16)25(32)33)23-13-30(15-29-23)10-9-27-26(34)35-14-22-19-7-3-1-5-17(19)18-6-2-4-8-20(18)22/h1-8,13,15-16,21-22H,9-12,14H2,(H,27,34)(H,28,31)(H,32,33)/t16-,21-/m0/s1. The lowest BCUT2D eigenvalue weighted by Gasteiger charge is -2.14. The van der Waals surface area contributed by atoms with Gasteiger partial charge in [0.1, 0.15) is 12.3 Å². The number of alkyl carbamates (subject to hydrolysis) is 1. The lowest BCUT2D eigenvalue weighted by molar-refractivity contribution is -0.138. The Morgan fingerprint density at radius 3 is 2.37 bits per heavy atom. The summed E-state index contributed by atoms with van der Waals surface area (Å²) in [6, 6.07) is 16.3. The summed E-state index contributed by atoms with van der Waals surface area (Å²) in [5.74, 6) is -1.54. The molecule has 2 aliphatic rings. The Labute approximate surface area is 202 Å². The monoisotopic (exact) mass is 474 g/mol. The summed E-state index contributed by atoms with van der Waals surface area (Å²) in [6.07, 6.45) is 3.20. The van der Waals surface area contributed by atoms with Crippen molar-refractivity contribution in [3.8, 4) is 11.1 Å². The summed E-state index contributed by atoms with van der Waals surface area (Å²) in [5.41, 5.74) is 4.92. The van der Waals surface area contributed by atoms with E-state index in [0.717, 1.165) is 11.1 Å². The molecule has 2 amide bonds. The fourth-order valence-electron chi connectivity index (χ4n) is 4.63. The van der Waals surface area contributed by atoms with Crippen molar-refractivity contribution in [1.29, 1.82) is 0 Å². The Bertz CT molecular complexity index is 1220. The molecule has 3 N–H and O–H groups in total. The largest absolute Gasteiger partial charge is 0.481 e. The van der Waals surface area contributed by atoms with Gasteiger partial charge in [-0.3, -0.25) is 9.59 Å². The van der Waals surface area contributed by atoms with Gasteiger partial charge in [0, 0.05) is 31.7 Å². The number of carbonyl (C=O) groups is 3. The molecule has 0 saturated heterocycles. The zero-order chi connectivity index (χ0) is 24.4. The third kappa shape index (κ3) is 4.89. The zero-order valence-corrected chi connectivity index (χ0v) is 19.0. The normalized spacial score (nSPS) is 17.8. The number of carboxylic acids is 1. The fraction of sp³-hybridized carbons (Fsp3) is 0.308. The van der Waals surface area contributed by atoms with Crippen molar-refractivity contribution in [3.63, 3.8) is 0 Å². The number of aliphatic carboxylic acids is 1. The highest BCUT2D eigenvalue weighted by Crippen LogP contribution is 2.44. The molecule has 2 aromatic carbocycles. The highest BCUT2D eigenvalue weighted by molar-refractivity contribution is 5.92. The van der Waals surface area contributed by atoms with Gasteiger partial charge in [-0.1, -0.05) is 48.5 Å². The van der Waals surface area contributed by atoms with Crippen molar-refractivity contribution in [1.82, 2.24) is 20.2 Å². The Hall–Kier alpha value is -4.14. The number of fused-ring (bicyclic) bond motifs is 3. The molecule has 180 valence electrons. The van der Waals surface area contributed by atoms with Crippen LogP contribution >= 0.6 is 0 Å². The number of nitrogens with one attached hydrogen (secondary N) is 2. The maximum absolute atomic E-state index is 12.3. The molecule has 0 bridgehead atoms. The lowest BCUT2D eigenvalue weighted by atomic mass is 9.98. The highest BCUT2D eigenvalue weighted by atomic mass is 16.5. The number of carboxylic acid groups (broad SMARTS) is 1. The maximum atomic E-state index is 12.3. The molecule has 0 radical (unpaired) electrons. The van der Waals surface area contributed by atoms with Gasteiger partial charge in [0.25, 0.3) is 5.91 Å². The zero-order valence-electron chi connectivity index (χ0n) is 19.0. The molecule has 35 heavy (non-hydrogen) atoms. The van der Waals surface area contributed by atoms with E-state index < -0.39 is 12.1 Å². The summed E-state index contributed by atoms with van der Waals surface area (Å²) < 4.78 is 7.23. The minimum atomic E-state index is -0.822. The van der Waals surface area contributed by atoms with E-state index in [1.54, 1.807) is 10.8 Å². The molecule has 0 aliphatic heterocycles. The summed E-state index contributed by atoms with van der Waals surface area (Å²) in [4.78, 5) is 39.5. The van der Waals surface area contributed by atoms with Crippen molar-refractivity contribution in [2.45, 2.75) is 18.9 Å². The van der Waals surface area contributed by atoms with Crippen molar-refractivity contribution in [3.05, 3.63) is 77.9 Å². The number of imidazole rings is 1. The van der Waals surface area contributed by atoms with E-state index >= 15 is 0 Å². The molecule has 1 aromatic heterocycles. The maximum Gasteiger partial charge on any atom is 0.407 e. The van der Waals surface area contributed by atoms with E-state index in [1.807, 2.05) is 24.3 Å². The first-order chi connectivity index (χ1) is 17.0. The number of ether oxygens (including phenoxy) is 1. The van der Waals surface area contributed by atoms with Gasteiger partial charge in [-0.15, -0.1) is 0 Å². The second kappa shape index (κ2) is 9.61. The van der Waals surface area contributed by atoms with E-state index in [4.69, 9.17) is 9.84 Å². The number of amides is 2. The predicted molar refractivity (Wildman–Crippen MR) is 127 cm³/mol. The Kier molecular flexibility index (Phi) is 6.22.